The lowest BCUT2D eigenvalue weighted by atomic mass is 10.1. The molecule has 0 aliphatic carbocycles. The number of hydrogen-bond acceptors (Lipinski definition) is 4. The van der Waals surface area contributed by atoms with Crippen LogP contribution in [0.15, 0.2) is 48.5 Å². The molecule has 0 atom stereocenters. The van der Waals surface area contributed by atoms with Gasteiger partial charge in [0.15, 0.2) is 0 Å². The van der Waals surface area contributed by atoms with Crippen molar-refractivity contribution in [3.63, 3.8) is 0 Å². The molecule has 0 saturated heterocycles. The molecule has 1 heterocycles. The Balaban J connectivity index is 1.69. The SMILES string of the molecule is CCNC(=O)CN(CC)C(=O)c1ccc(CN2C(=O)c3ccccc3C2=O)cc1. The molecule has 29 heavy (non-hydrogen) atoms. The molecule has 0 fully saturated rings. The number of imide groups is 1. The van der Waals surface area contributed by atoms with E-state index < -0.39 is 0 Å². The van der Waals surface area contributed by atoms with E-state index in [2.05, 4.69) is 5.32 Å². The predicted molar refractivity (Wildman–Crippen MR) is 107 cm³/mol. The van der Waals surface area contributed by atoms with Gasteiger partial charge in [-0.15, -0.1) is 0 Å². The van der Waals surface area contributed by atoms with Gasteiger partial charge in [-0.05, 0) is 43.7 Å². The molecule has 2 aromatic carbocycles. The van der Waals surface area contributed by atoms with Crippen LogP contribution in [-0.4, -0.2) is 53.1 Å². The van der Waals surface area contributed by atoms with Crippen LogP contribution < -0.4 is 5.32 Å². The highest BCUT2D eigenvalue weighted by atomic mass is 16.2. The van der Waals surface area contributed by atoms with Crippen molar-refractivity contribution in [2.24, 2.45) is 0 Å². The van der Waals surface area contributed by atoms with Crippen molar-refractivity contribution in [2.45, 2.75) is 20.4 Å². The number of benzene rings is 2. The second-order valence-electron chi connectivity index (χ2n) is 6.71. The summed E-state index contributed by atoms with van der Waals surface area (Å²) in [5, 5.41) is 2.68. The Bertz CT molecular complexity index is 918. The minimum atomic E-state index is -0.315. The van der Waals surface area contributed by atoms with Crippen LogP contribution in [0.2, 0.25) is 0 Å². The van der Waals surface area contributed by atoms with Gasteiger partial charge in [-0.25, -0.2) is 0 Å². The lowest BCUT2D eigenvalue weighted by Crippen LogP contribution is -2.40. The summed E-state index contributed by atoms with van der Waals surface area (Å²) in [4.78, 5) is 52.0. The minimum absolute atomic E-state index is 0.0000349. The smallest absolute Gasteiger partial charge is 0.261 e. The zero-order valence-corrected chi connectivity index (χ0v) is 16.5. The van der Waals surface area contributed by atoms with Gasteiger partial charge in [-0.3, -0.25) is 24.1 Å². The molecule has 1 N–H and O–H groups in total. The summed E-state index contributed by atoms with van der Waals surface area (Å²) >= 11 is 0. The van der Waals surface area contributed by atoms with Gasteiger partial charge in [-0.2, -0.15) is 0 Å². The molecule has 1 aliphatic rings. The molecule has 0 unspecified atom stereocenters. The fraction of sp³-hybridized carbons (Fsp3) is 0.273. The Hall–Kier alpha value is -3.48. The van der Waals surface area contributed by atoms with Crippen LogP contribution in [0.5, 0.6) is 0 Å². The summed E-state index contributed by atoms with van der Waals surface area (Å²) in [6, 6.07) is 13.5. The van der Waals surface area contributed by atoms with Crippen molar-refractivity contribution in [1.29, 1.82) is 0 Å². The third-order valence-corrected chi connectivity index (χ3v) is 4.80. The molecule has 0 bridgehead atoms. The number of hydrogen-bond donors (Lipinski definition) is 1. The second-order valence-corrected chi connectivity index (χ2v) is 6.71. The molecule has 7 nitrogen and oxygen atoms in total. The van der Waals surface area contributed by atoms with E-state index in [9.17, 15) is 19.2 Å². The Kier molecular flexibility index (Phi) is 6.07. The summed E-state index contributed by atoms with van der Waals surface area (Å²) in [7, 11) is 0. The molecule has 0 radical (unpaired) electrons. The summed E-state index contributed by atoms with van der Waals surface area (Å²) in [5.74, 6) is -1.08. The third kappa shape index (κ3) is 4.18. The Morgan fingerprint density at radius 2 is 1.52 bits per heavy atom. The standard InChI is InChI=1S/C22H23N3O4/c1-3-23-19(26)14-24(4-2)20(27)16-11-9-15(10-12-16)13-25-21(28)17-7-5-6-8-18(17)22(25)29/h5-12H,3-4,13-14H2,1-2H3,(H,23,26). The van der Waals surface area contributed by atoms with E-state index in [-0.39, 0.29) is 36.7 Å². The Morgan fingerprint density at radius 3 is 2.03 bits per heavy atom. The quantitative estimate of drug-likeness (QED) is 0.730. The van der Waals surface area contributed by atoms with Gasteiger partial charge in [0.1, 0.15) is 0 Å². The summed E-state index contributed by atoms with van der Waals surface area (Å²) in [6.45, 7) is 4.69. The highest BCUT2D eigenvalue weighted by Crippen LogP contribution is 2.24. The zero-order valence-electron chi connectivity index (χ0n) is 16.5. The van der Waals surface area contributed by atoms with Gasteiger partial charge < -0.3 is 10.2 Å². The predicted octanol–water partition coefficient (Wildman–Crippen LogP) is 2.08. The minimum Gasteiger partial charge on any atom is -0.355 e. The first-order valence-electron chi connectivity index (χ1n) is 9.56. The van der Waals surface area contributed by atoms with Crippen molar-refractivity contribution >= 4 is 23.6 Å². The van der Waals surface area contributed by atoms with Gasteiger partial charge in [0.05, 0.1) is 24.2 Å². The van der Waals surface area contributed by atoms with Crippen molar-refractivity contribution in [2.75, 3.05) is 19.6 Å². The zero-order chi connectivity index (χ0) is 21.0. The molecule has 7 heteroatoms. The molecular weight excluding hydrogens is 370 g/mol. The van der Waals surface area contributed by atoms with Crippen molar-refractivity contribution in [3.8, 4) is 0 Å². The van der Waals surface area contributed by atoms with Crippen molar-refractivity contribution in [1.82, 2.24) is 15.1 Å². The van der Waals surface area contributed by atoms with Gasteiger partial charge >= 0.3 is 0 Å². The first-order valence-corrected chi connectivity index (χ1v) is 9.56. The first-order chi connectivity index (χ1) is 14.0. The fourth-order valence-electron chi connectivity index (χ4n) is 3.25. The topological polar surface area (TPSA) is 86.8 Å². The maximum absolute atomic E-state index is 12.7. The number of nitrogens with one attached hydrogen (secondary N) is 1. The van der Waals surface area contributed by atoms with Crippen LogP contribution in [0.25, 0.3) is 0 Å². The van der Waals surface area contributed by atoms with Crippen LogP contribution >= 0.6 is 0 Å². The highest BCUT2D eigenvalue weighted by molar-refractivity contribution is 6.21. The molecule has 4 amide bonds. The molecule has 0 saturated carbocycles. The maximum Gasteiger partial charge on any atom is 0.261 e. The number of fused-ring (bicyclic) bond motifs is 1. The maximum atomic E-state index is 12.7. The lowest BCUT2D eigenvalue weighted by Gasteiger charge is -2.20. The highest BCUT2D eigenvalue weighted by Gasteiger charge is 2.34. The molecule has 150 valence electrons. The number of rotatable bonds is 7. The molecule has 2 aromatic rings. The second kappa shape index (κ2) is 8.68. The molecular formula is C22H23N3O4. The van der Waals surface area contributed by atoms with Crippen LogP contribution in [0.4, 0.5) is 0 Å². The van der Waals surface area contributed by atoms with Crippen molar-refractivity contribution in [3.05, 3.63) is 70.8 Å². The lowest BCUT2D eigenvalue weighted by molar-refractivity contribution is -0.121. The van der Waals surface area contributed by atoms with E-state index >= 15 is 0 Å². The largest absolute Gasteiger partial charge is 0.355 e. The van der Waals surface area contributed by atoms with E-state index in [0.29, 0.717) is 29.8 Å². The van der Waals surface area contributed by atoms with E-state index in [1.807, 2.05) is 13.8 Å². The van der Waals surface area contributed by atoms with Crippen molar-refractivity contribution < 1.29 is 19.2 Å². The number of amides is 4. The van der Waals surface area contributed by atoms with Gasteiger partial charge in [0.2, 0.25) is 5.91 Å². The average Bonchev–Trinajstić information content (AvgIpc) is 2.97. The number of carbonyl (C=O) groups is 4. The normalized spacial score (nSPS) is 12.7. The van der Waals surface area contributed by atoms with E-state index in [0.717, 1.165) is 5.56 Å². The van der Waals surface area contributed by atoms with E-state index in [1.54, 1.807) is 48.5 Å². The number of likely N-dealkylation sites (N-methyl/N-ethyl adjacent to an activating group) is 2. The summed E-state index contributed by atoms with van der Waals surface area (Å²) in [6.07, 6.45) is 0. The van der Waals surface area contributed by atoms with Crippen LogP contribution in [0, 0.1) is 0 Å². The van der Waals surface area contributed by atoms with E-state index in [4.69, 9.17) is 0 Å². The van der Waals surface area contributed by atoms with Crippen LogP contribution in [0.3, 0.4) is 0 Å². The molecule has 0 aromatic heterocycles. The third-order valence-electron chi connectivity index (χ3n) is 4.80. The van der Waals surface area contributed by atoms with Gasteiger partial charge in [0.25, 0.3) is 17.7 Å². The molecule has 0 spiro atoms. The first kappa shape index (κ1) is 20.3. The van der Waals surface area contributed by atoms with Crippen LogP contribution in [-0.2, 0) is 11.3 Å². The van der Waals surface area contributed by atoms with Gasteiger partial charge in [-0.1, -0.05) is 24.3 Å². The monoisotopic (exact) mass is 393 g/mol. The molecule has 3 rings (SSSR count). The average molecular weight is 393 g/mol. The fourth-order valence-corrected chi connectivity index (χ4v) is 3.25. The summed E-state index contributed by atoms with van der Waals surface area (Å²) in [5.41, 5.74) is 2.01. The Labute approximate surface area is 169 Å². The number of carbonyl (C=O) groups excluding carboxylic acids is 4. The van der Waals surface area contributed by atoms with E-state index in [1.165, 1.54) is 9.80 Å². The van der Waals surface area contributed by atoms with Crippen LogP contribution in [0.1, 0.15) is 50.5 Å². The number of nitrogens with zero attached hydrogens (tertiary/aromatic N) is 2. The summed E-state index contributed by atoms with van der Waals surface area (Å²) < 4.78 is 0. The Morgan fingerprint density at radius 1 is 0.931 bits per heavy atom. The molecule has 1 aliphatic heterocycles. The van der Waals surface area contributed by atoms with Gasteiger partial charge in [0, 0.05) is 18.7 Å².